The minimum Gasteiger partial charge on any atom is -0.397 e. The fourth-order valence-electron chi connectivity index (χ4n) is 5.54. The first-order valence-corrected chi connectivity index (χ1v) is 12.9. The molecule has 3 aliphatic carbocycles. The van der Waals surface area contributed by atoms with E-state index >= 15 is 0 Å². The van der Waals surface area contributed by atoms with Gasteiger partial charge in [-0.3, -0.25) is 0 Å². The molecule has 1 N–H and O–H groups in total. The van der Waals surface area contributed by atoms with Gasteiger partial charge in [-0.05, 0) is 85.5 Å². The molecule has 1 heterocycles. The Bertz CT molecular complexity index is 778. The van der Waals surface area contributed by atoms with Crippen LogP contribution in [0.4, 0.5) is 0 Å². The average Bonchev–Trinajstić information content (AvgIpc) is 2.76. The lowest BCUT2D eigenvalue weighted by molar-refractivity contribution is -0.173. The van der Waals surface area contributed by atoms with Gasteiger partial charge in [0.05, 0.1) is 6.61 Å². The monoisotopic (exact) mass is 467 g/mol. The second-order valence-corrected chi connectivity index (χ2v) is 11.0. The summed E-state index contributed by atoms with van der Waals surface area (Å²) >= 11 is 4.33. The Labute approximate surface area is 193 Å². The van der Waals surface area contributed by atoms with E-state index in [9.17, 15) is 4.21 Å². The molecule has 0 amide bonds. The number of fused-ring (bicyclic) bond motifs is 2. The second kappa shape index (κ2) is 10.3. The van der Waals surface area contributed by atoms with Crippen LogP contribution in [0, 0.1) is 23.2 Å². The van der Waals surface area contributed by atoms with Crippen LogP contribution in [-0.4, -0.2) is 29.8 Å². The summed E-state index contributed by atoms with van der Waals surface area (Å²) in [5.74, 6) is 1.73. The van der Waals surface area contributed by atoms with Crippen molar-refractivity contribution in [2.75, 3.05) is 13.2 Å². The largest absolute Gasteiger partial charge is 0.397 e. The Hall–Kier alpha value is -0.920. The zero-order valence-electron chi connectivity index (χ0n) is 18.4. The van der Waals surface area contributed by atoms with Gasteiger partial charge in [-0.25, -0.2) is 4.72 Å². The van der Waals surface area contributed by atoms with Crippen LogP contribution in [0.1, 0.15) is 57.9 Å². The van der Waals surface area contributed by atoms with Gasteiger partial charge in [0.15, 0.2) is 6.29 Å². The lowest BCUT2D eigenvalue weighted by Crippen LogP contribution is -2.61. The maximum atomic E-state index is 12.6. The third kappa shape index (κ3) is 5.72. The molecule has 1 aromatic carbocycles. The van der Waals surface area contributed by atoms with Gasteiger partial charge in [-0.2, -0.15) is 4.21 Å². The highest BCUT2D eigenvalue weighted by atomic mass is 35.5. The van der Waals surface area contributed by atoms with Crippen molar-refractivity contribution in [3.05, 3.63) is 41.1 Å². The number of nitrogens with one attached hydrogen (secondary N) is 1. The lowest BCUT2D eigenvalue weighted by atomic mass is 9.44. The van der Waals surface area contributed by atoms with E-state index in [0.29, 0.717) is 34.8 Å². The van der Waals surface area contributed by atoms with Crippen LogP contribution in [0.2, 0.25) is 5.02 Å². The molecule has 2 bridgehead atoms. The molecule has 1 aliphatic heterocycles. The first-order valence-electron chi connectivity index (χ1n) is 11.4. The van der Waals surface area contributed by atoms with Crippen LogP contribution in [0.25, 0.3) is 6.08 Å². The molecule has 7 heteroatoms. The van der Waals surface area contributed by atoms with Gasteiger partial charge in [-0.1, -0.05) is 37.6 Å². The second-order valence-electron chi connectivity index (χ2n) is 9.63. The molecule has 1 aromatic rings. The summed E-state index contributed by atoms with van der Waals surface area (Å²) < 4.78 is 32.9. The molecule has 5 rings (SSSR count). The standard InChI is InChI=1S/C24H34ClNO4S/c1-24(2)18-15-21(24)20(11-13-29-23-5-3-4-12-28-23)22(16-18)26-31(27)30-14-10-17-6-8-19(25)9-7-17/h6-10,14,18,20-23,26H,3-5,11-13,15-16H2,1-2H3/t18-,20+,21+,22?,23?,31?/m1/s1. The molecular formula is C24H34ClNO4S. The number of hydrogen-bond donors (Lipinski definition) is 1. The number of hydrogen-bond acceptors (Lipinski definition) is 4. The summed E-state index contributed by atoms with van der Waals surface area (Å²) in [5, 5.41) is 0.687. The van der Waals surface area contributed by atoms with E-state index in [1.54, 1.807) is 6.08 Å². The first kappa shape index (κ1) is 23.2. The summed E-state index contributed by atoms with van der Waals surface area (Å²) in [6.45, 7) is 6.25. The van der Waals surface area contributed by atoms with Crippen molar-refractivity contribution in [1.82, 2.24) is 4.72 Å². The first-order chi connectivity index (χ1) is 14.9. The van der Waals surface area contributed by atoms with Gasteiger partial charge in [-0.15, -0.1) is 0 Å². The van der Waals surface area contributed by atoms with E-state index in [1.807, 2.05) is 24.3 Å². The summed E-state index contributed by atoms with van der Waals surface area (Å²) in [5.41, 5.74) is 1.29. The molecule has 3 unspecified atom stereocenters. The number of rotatable bonds is 9. The van der Waals surface area contributed by atoms with Crippen molar-refractivity contribution in [3.8, 4) is 0 Å². The average molecular weight is 468 g/mol. The van der Waals surface area contributed by atoms with Crippen LogP contribution in [0.5, 0.6) is 0 Å². The fraction of sp³-hybridized carbons (Fsp3) is 0.667. The fourth-order valence-corrected chi connectivity index (χ4v) is 6.40. The Morgan fingerprint density at radius 2 is 2.06 bits per heavy atom. The number of ether oxygens (including phenoxy) is 2. The van der Waals surface area contributed by atoms with E-state index in [-0.39, 0.29) is 12.3 Å². The molecule has 31 heavy (non-hydrogen) atoms. The zero-order valence-corrected chi connectivity index (χ0v) is 20.0. The lowest BCUT2D eigenvalue weighted by Gasteiger charge is -2.62. The van der Waals surface area contributed by atoms with Crippen molar-refractivity contribution in [1.29, 1.82) is 0 Å². The summed E-state index contributed by atoms with van der Waals surface area (Å²) in [4.78, 5) is 0. The Morgan fingerprint density at radius 1 is 1.26 bits per heavy atom. The molecule has 5 nitrogen and oxygen atoms in total. The third-order valence-corrected chi connectivity index (χ3v) is 8.57. The highest BCUT2D eigenvalue weighted by Crippen LogP contribution is 2.62. The van der Waals surface area contributed by atoms with E-state index < -0.39 is 11.3 Å². The Balaban J connectivity index is 1.29. The molecule has 6 atom stereocenters. The van der Waals surface area contributed by atoms with Gasteiger partial charge < -0.3 is 13.7 Å². The minimum atomic E-state index is -1.57. The third-order valence-electron chi connectivity index (χ3n) is 7.53. The van der Waals surface area contributed by atoms with Gasteiger partial charge in [0.2, 0.25) is 0 Å². The molecule has 1 saturated heterocycles. The van der Waals surface area contributed by atoms with E-state index in [2.05, 4.69) is 18.6 Å². The van der Waals surface area contributed by atoms with Crippen LogP contribution < -0.4 is 4.72 Å². The molecule has 0 spiro atoms. The van der Waals surface area contributed by atoms with Crippen molar-refractivity contribution in [2.45, 2.75) is 64.7 Å². The summed E-state index contributed by atoms with van der Waals surface area (Å²) in [6, 6.07) is 7.59. The van der Waals surface area contributed by atoms with Crippen LogP contribution in [0.15, 0.2) is 30.5 Å². The molecule has 3 saturated carbocycles. The van der Waals surface area contributed by atoms with Crippen molar-refractivity contribution in [2.24, 2.45) is 23.2 Å². The van der Waals surface area contributed by atoms with Gasteiger partial charge in [0, 0.05) is 17.7 Å². The predicted molar refractivity (Wildman–Crippen MR) is 124 cm³/mol. The van der Waals surface area contributed by atoms with Gasteiger partial charge in [0.1, 0.15) is 6.26 Å². The number of benzene rings is 1. The van der Waals surface area contributed by atoms with Gasteiger partial charge in [0.25, 0.3) is 11.3 Å². The molecule has 0 radical (unpaired) electrons. The van der Waals surface area contributed by atoms with E-state index in [4.69, 9.17) is 25.3 Å². The molecule has 0 aromatic heterocycles. The van der Waals surface area contributed by atoms with Crippen LogP contribution >= 0.6 is 11.6 Å². The zero-order chi connectivity index (χ0) is 21.8. The normalized spacial score (nSPS) is 33.1. The molecule has 4 aliphatic rings. The predicted octanol–water partition coefficient (Wildman–Crippen LogP) is 5.48. The van der Waals surface area contributed by atoms with Crippen molar-refractivity contribution in [3.63, 3.8) is 0 Å². The number of halogens is 1. The van der Waals surface area contributed by atoms with E-state index in [1.165, 1.54) is 19.1 Å². The highest BCUT2D eigenvalue weighted by Gasteiger charge is 2.57. The smallest absolute Gasteiger partial charge is 0.287 e. The van der Waals surface area contributed by atoms with Crippen molar-refractivity contribution < 1.29 is 17.9 Å². The summed E-state index contributed by atoms with van der Waals surface area (Å²) in [6.07, 6.45) is 9.76. The summed E-state index contributed by atoms with van der Waals surface area (Å²) in [7, 11) is 0. The van der Waals surface area contributed by atoms with Crippen LogP contribution in [0.3, 0.4) is 0 Å². The molecule has 4 fully saturated rings. The highest BCUT2D eigenvalue weighted by molar-refractivity contribution is 7.78. The molecule has 172 valence electrons. The minimum absolute atomic E-state index is 0.0543. The van der Waals surface area contributed by atoms with Crippen molar-refractivity contribution >= 4 is 28.9 Å². The van der Waals surface area contributed by atoms with Crippen LogP contribution in [-0.2, 0) is 24.9 Å². The van der Waals surface area contributed by atoms with E-state index in [0.717, 1.165) is 37.9 Å². The quantitative estimate of drug-likeness (QED) is 0.488. The SMILES string of the molecule is CC1(C)[C@H]2CC(NS(=O)OC=Cc3ccc(Cl)cc3)[C@@H](CCOC3CCCCO3)[C@@H]1C2. The Morgan fingerprint density at radius 3 is 2.77 bits per heavy atom. The van der Waals surface area contributed by atoms with Gasteiger partial charge >= 0.3 is 0 Å². The molecular weight excluding hydrogens is 434 g/mol. The Kier molecular flexibility index (Phi) is 7.76. The maximum Gasteiger partial charge on any atom is 0.287 e. The maximum absolute atomic E-state index is 12.6. The topological polar surface area (TPSA) is 56.8 Å².